The molecule has 0 N–H and O–H groups in total. The summed E-state index contributed by atoms with van der Waals surface area (Å²) in [5.41, 5.74) is 0. The van der Waals surface area contributed by atoms with E-state index in [-0.39, 0.29) is 111 Å². The summed E-state index contributed by atoms with van der Waals surface area (Å²) in [6, 6.07) is 0. The van der Waals surface area contributed by atoms with E-state index < -0.39 is 5.97 Å². The van der Waals surface area contributed by atoms with Gasteiger partial charge in [0, 0.05) is 5.97 Å². The van der Waals surface area contributed by atoms with Crippen molar-refractivity contribution >= 4 is 5.97 Å². The third-order valence-electron chi connectivity index (χ3n) is 3.64. The molecular formula is C18H34K2O2. The second-order valence-electron chi connectivity index (χ2n) is 5.71. The summed E-state index contributed by atoms with van der Waals surface area (Å²) in [7, 11) is 0. The Labute approximate surface area is 225 Å². The fourth-order valence-electron chi connectivity index (χ4n) is 2.34. The number of allylic oxidation sites excluding steroid dienone is 2. The molecule has 0 heterocycles. The van der Waals surface area contributed by atoms with Crippen LogP contribution in [0.5, 0.6) is 0 Å². The Balaban J connectivity index is -0.000000602. The number of carboxylic acids is 1. The molecule has 0 atom stereocenters. The molecule has 0 spiro atoms. The van der Waals surface area contributed by atoms with Crippen LogP contribution >= 0.6 is 0 Å². The van der Waals surface area contributed by atoms with Crippen LogP contribution < -0.4 is 108 Å². The second kappa shape index (κ2) is 25.7. The molecule has 2 nitrogen and oxygen atoms in total. The van der Waals surface area contributed by atoms with Crippen LogP contribution in [0.15, 0.2) is 12.2 Å². The van der Waals surface area contributed by atoms with Crippen molar-refractivity contribution in [1.29, 1.82) is 0 Å². The van der Waals surface area contributed by atoms with E-state index in [1.165, 1.54) is 64.2 Å². The predicted octanol–water partition coefficient (Wildman–Crippen LogP) is -1.11. The summed E-state index contributed by atoms with van der Waals surface area (Å²) in [4.78, 5) is 10.2. The maximum atomic E-state index is 10.2. The van der Waals surface area contributed by atoms with Gasteiger partial charge in [0.05, 0.1) is 0 Å². The molecule has 0 aliphatic rings. The van der Waals surface area contributed by atoms with Gasteiger partial charge in [-0.3, -0.25) is 0 Å². The molecule has 0 aliphatic heterocycles. The zero-order valence-electron chi connectivity index (χ0n) is 16.4. The molecule has 0 amide bonds. The number of carbonyl (C=O) groups is 1. The minimum atomic E-state index is -0.914. The minimum Gasteiger partial charge on any atom is -1.00 e. The van der Waals surface area contributed by atoms with Crippen LogP contribution in [-0.2, 0) is 4.79 Å². The van der Waals surface area contributed by atoms with Gasteiger partial charge in [0.15, 0.2) is 0 Å². The first-order chi connectivity index (χ1) is 9.77. The molecule has 0 aromatic rings. The van der Waals surface area contributed by atoms with Crippen LogP contribution in [0, 0.1) is 0 Å². The van der Waals surface area contributed by atoms with E-state index >= 15 is 0 Å². The molecular weight excluding hydrogens is 326 g/mol. The van der Waals surface area contributed by atoms with Gasteiger partial charge in [-0.25, -0.2) is 0 Å². The molecule has 0 aliphatic carbocycles. The summed E-state index contributed by atoms with van der Waals surface area (Å²) in [6.07, 6.45) is 20.9. The fourth-order valence-corrected chi connectivity index (χ4v) is 2.34. The maximum Gasteiger partial charge on any atom is 1.00 e. The van der Waals surface area contributed by atoms with Gasteiger partial charge in [0.2, 0.25) is 0 Å². The molecule has 0 saturated carbocycles. The first-order valence-electron chi connectivity index (χ1n) is 8.62. The number of aliphatic carboxylic acids is 1. The normalized spacial score (nSPS) is 10.2. The molecule has 0 rings (SSSR count). The summed E-state index contributed by atoms with van der Waals surface area (Å²) in [5, 5.41) is 10.2. The van der Waals surface area contributed by atoms with Gasteiger partial charge in [-0.1, -0.05) is 70.4 Å². The molecule has 0 radical (unpaired) electrons. The Morgan fingerprint density at radius 3 is 1.64 bits per heavy atom. The van der Waals surface area contributed by atoms with Gasteiger partial charge >= 0.3 is 103 Å². The summed E-state index contributed by atoms with van der Waals surface area (Å²) < 4.78 is 0. The smallest absolute Gasteiger partial charge is 1.00 e. The largest absolute Gasteiger partial charge is 1.00 e. The fraction of sp³-hybridized carbons (Fsp3) is 0.833. The molecule has 0 bridgehead atoms. The van der Waals surface area contributed by atoms with Gasteiger partial charge in [-0.15, -0.1) is 0 Å². The Kier molecular flexibility index (Phi) is 34.2. The summed E-state index contributed by atoms with van der Waals surface area (Å²) >= 11 is 0. The van der Waals surface area contributed by atoms with Crippen molar-refractivity contribution in [1.82, 2.24) is 0 Å². The molecule has 22 heavy (non-hydrogen) atoms. The first-order valence-corrected chi connectivity index (χ1v) is 8.62. The summed E-state index contributed by atoms with van der Waals surface area (Å²) in [6.45, 7) is 2.26. The molecule has 0 fully saturated rings. The number of unbranched alkanes of at least 4 members (excludes halogenated alkanes) is 11. The van der Waals surface area contributed by atoms with Crippen LogP contribution in [0.25, 0.3) is 0 Å². The van der Waals surface area contributed by atoms with E-state index in [1.54, 1.807) is 0 Å². The van der Waals surface area contributed by atoms with E-state index in [4.69, 9.17) is 0 Å². The average Bonchev–Trinajstić information content (AvgIpc) is 2.43. The van der Waals surface area contributed by atoms with Crippen LogP contribution in [-0.4, -0.2) is 5.97 Å². The number of hydrogen-bond donors (Lipinski definition) is 0. The number of rotatable bonds is 15. The van der Waals surface area contributed by atoms with Crippen molar-refractivity contribution in [3.8, 4) is 0 Å². The van der Waals surface area contributed by atoms with Crippen LogP contribution in [0.4, 0.5) is 0 Å². The van der Waals surface area contributed by atoms with Crippen molar-refractivity contribution in [2.45, 2.75) is 96.8 Å². The van der Waals surface area contributed by atoms with Crippen molar-refractivity contribution < 1.29 is 114 Å². The predicted molar refractivity (Wildman–Crippen MR) is 85.6 cm³/mol. The Bertz CT molecular complexity index is 249. The number of hydrogen-bond acceptors (Lipinski definition) is 2. The molecule has 0 aromatic heterocycles. The molecule has 0 unspecified atom stereocenters. The Morgan fingerprint density at radius 2 is 1.18 bits per heavy atom. The standard InChI is InChI=1S/C18H34O2.2K.H/c1-2-3-4-5-6-7-8-9-10-11-12-13-14-15-16-17-18(19)20;;;/h9-10H,2-8,11-17H2,1H3,(H,19,20);;;/q;2*+1;-1/p-1/b10-9-;;;. The number of carbonyl (C=O) groups excluding carboxylic acids is 1. The second-order valence-corrected chi connectivity index (χ2v) is 5.71. The third-order valence-corrected chi connectivity index (χ3v) is 3.64. The molecule has 0 aromatic carbocycles. The van der Waals surface area contributed by atoms with Gasteiger partial charge < -0.3 is 11.3 Å². The van der Waals surface area contributed by atoms with Crippen molar-refractivity contribution in [3.63, 3.8) is 0 Å². The first kappa shape index (κ1) is 29.3. The van der Waals surface area contributed by atoms with Gasteiger partial charge in [-0.2, -0.15) is 0 Å². The van der Waals surface area contributed by atoms with E-state index in [9.17, 15) is 9.90 Å². The quantitative estimate of drug-likeness (QED) is 0.211. The minimum absolute atomic E-state index is 0. The summed E-state index contributed by atoms with van der Waals surface area (Å²) in [5.74, 6) is -0.914. The van der Waals surface area contributed by atoms with Gasteiger partial charge in [-0.05, 0) is 38.5 Å². The third kappa shape index (κ3) is 27.3. The van der Waals surface area contributed by atoms with Crippen LogP contribution in [0.2, 0.25) is 0 Å². The van der Waals surface area contributed by atoms with Crippen LogP contribution in [0.3, 0.4) is 0 Å². The topological polar surface area (TPSA) is 40.1 Å². The van der Waals surface area contributed by atoms with Crippen molar-refractivity contribution in [3.05, 3.63) is 12.2 Å². The van der Waals surface area contributed by atoms with E-state index in [0.29, 0.717) is 0 Å². The zero-order valence-corrected chi connectivity index (χ0v) is 21.6. The monoisotopic (exact) mass is 360 g/mol. The van der Waals surface area contributed by atoms with Crippen molar-refractivity contribution in [2.75, 3.05) is 0 Å². The SMILES string of the molecule is CCCCCCCC/C=C\CCCCCCCC(=O)[O-].[H-].[K+].[K+]. The van der Waals surface area contributed by atoms with E-state index in [1.807, 2.05) is 0 Å². The molecule has 0 saturated heterocycles. The van der Waals surface area contributed by atoms with Gasteiger partial charge in [0.1, 0.15) is 0 Å². The number of carboxylic acid groups (broad SMARTS) is 1. The zero-order chi connectivity index (χ0) is 14.9. The Morgan fingerprint density at radius 1 is 0.773 bits per heavy atom. The molecule has 120 valence electrons. The van der Waals surface area contributed by atoms with E-state index in [2.05, 4.69) is 19.1 Å². The maximum absolute atomic E-state index is 10.2. The van der Waals surface area contributed by atoms with Gasteiger partial charge in [0.25, 0.3) is 0 Å². The molecule has 4 heteroatoms. The van der Waals surface area contributed by atoms with Crippen molar-refractivity contribution in [2.24, 2.45) is 0 Å². The van der Waals surface area contributed by atoms with E-state index in [0.717, 1.165) is 19.3 Å². The Hall–Kier alpha value is 2.48. The van der Waals surface area contributed by atoms with Crippen LogP contribution in [0.1, 0.15) is 98.2 Å². The average molecular weight is 361 g/mol.